The first kappa shape index (κ1) is 12.7. The first-order valence-electron chi connectivity index (χ1n) is 6.19. The van der Waals surface area contributed by atoms with Gasteiger partial charge in [-0.25, -0.2) is 0 Å². The molecule has 2 heterocycles. The molecule has 0 amide bonds. The number of halogens is 1. The second-order valence-corrected chi connectivity index (χ2v) is 5.76. The third kappa shape index (κ3) is 2.17. The molecule has 0 bridgehead atoms. The van der Waals surface area contributed by atoms with Gasteiger partial charge in [0.05, 0.1) is 12.3 Å². The average Bonchev–Trinajstić information content (AvgIpc) is 2.69. The number of aryl methyl sites for hydroxylation is 1. The Morgan fingerprint density at radius 3 is 2.89 bits per heavy atom. The lowest BCUT2D eigenvalue weighted by molar-refractivity contribution is 0.0653. The number of benzene rings is 1. The Bertz CT molecular complexity index is 624. The number of aliphatic hydroxyl groups excluding tert-OH is 1. The fraction of sp³-hybridized carbons (Fsp3) is 0.357. The van der Waals surface area contributed by atoms with Crippen molar-refractivity contribution in [2.24, 2.45) is 7.05 Å². The summed E-state index contributed by atoms with van der Waals surface area (Å²) in [7, 11) is 1.91. The van der Waals surface area contributed by atoms with E-state index in [0.29, 0.717) is 6.42 Å². The smallest absolute Gasteiger partial charge is 0.130 e. The van der Waals surface area contributed by atoms with Crippen molar-refractivity contribution in [2.75, 3.05) is 0 Å². The van der Waals surface area contributed by atoms with E-state index in [-0.39, 0.29) is 6.10 Å². The number of aromatic nitrogens is 2. The number of aliphatic hydroxyl groups is 1. The van der Waals surface area contributed by atoms with Crippen LogP contribution in [0.25, 0.3) is 0 Å². The van der Waals surface area contributed by atoms with Crippen molar-refractivity contribution < 1.29 is 9.84 Å². The molecule has 4 nitrogen and oxygen atoms in total. The zero-order valence-electron chi connectivity index (χ0n) is 10.8. The van der Waals surface area contributed by atoms with Crippen LogP contribution in [0.2, 0.25) is 0 Å². The van der Waals surface area contributed by atoms with E-state index in [4.69, 9.17) is 4.74 Å². The lowest BCUT2D eigenvalue weighted by Gasteiger charge is -2.29. The second-order valence-electron chi connectivity index (χ2n) is 4.85. The van der Waals surface area contributed by atoms with E-state index in [1.165, 1.54) is 0 Å². The molecule has 100 valence electrons. The third-order valence-electron chi connectivity index (χ3n) is 3.66. The van der Waals surface area contributed by atoms with Gasteiger partial charge >= 0.3 is 0 Å². The summed E-state index contributed by atoms with van der Waals surface area (Å²) in [4.78, 5) is 0. The van der Waals surface area contributed by atoms with Gasteiger partial charge in [-0.05, 0) is 19.1 Å². The average molecular weight is 323 g/mol. The van der Waals surface area contributed by atoms with Gasteiger partial charge in [-0.2, -0.15) is 5.10 Å². The Hall–Kier alpha value is -1.33. The number of ether oxygens (including phenoxy) is 1. The molecule has 2 atom stereocenters. The van der Waals surface area contributed by atoms with E-state index in [1.54, 1.807) is 0 Å². The summed E-state index contributed by atoms with van der Waals surface area (Å²) in [6.07, 6.45) is 1.73. The quantitative estimate of drug-likeness (QED) is 0.877. The first-order chi connectivity index (χ1) is 9.06. The summed E-state index contributed by atoms with van der Waals surface area (Å²) >= 11 is 3.43. The zero-order valence-corrected chi connectivity index (χ0v) is 12.4. The zero-order chi connectivity index (χ0) is 13.6. The largest absolute Gasteiger partial charge is 0.485 e. The molecule has 1 aliphatic rings. The van der Waals surface area contributed by atoms with Gasteiger partial charge in [0.1, 0.15) is 11.9 Å². The van der Waals surface area contributed by atoms with Gasteiger partial charge < -0.3 is 9.84 Å². The summed E-state index contributed by atoms with van der Waals surface area (Å²) in [6, 6.07) is 5.72. The maximum Gasteiger partial charge on any atom is 0.130 e. The fourth-order valence-electron chi connectivity index (χ4n) is 2.44. The Labute approximate surface area is 120 Å². The van der Waals surface area contributed by atoms with Crippen molar-refractivity contribution >= 4 is 15.9 Å². The Balaban J connectivity index is 1.98. The van der Waals surface area contributed by atoms with Crippen molar-refractivity contribution in [3.8, 4) is 5.75 Å². The number of hydrogen-bond donors (Lipinski definition) is 1. The van der Waals surface area contributed by atoms with E-state index < -0.39 is 6.10 Å². The summed E-state index contributed by atoms with van der Waals surface area (Å²) in [6.45, 7) is 2.01. The molecule has 0 saturated carbocycles. The summed E-state index contributed by atoms with van der Waals surface area (Å²) < 4.78 is 8.79. The molecule has 19 heavy (non-hydrogen) atoms. The monoisotopic (exact) mass is 322 g/mol. The van der Waals surface area contributed by atoms with E-state index in [2.05, 4.69) is 21.0 Å². The molecule has 0 spiro atoms. The third-order valence-corrected chi connectivity index (χ3v) is 4.15. The molecule has 1 aromatic carbocycles. The minimum Gasteiger partial charge on any atom is -0.485 e. The molecule has 1 aliphatic heterocycles. The Kier molecular flexibility index (Phi) is 3.11. The second kappa shape index (κ2) is 4.65. The number of rotatable bonds is 1. The highest BCUT2D eigenvalue weighted by atomic mass is 79.9. The minimum atomic E-state index is -0.499. The van der Waals surface area contributed by atoms with Crippen LogP contribution in [0, 0.1) is 6.92 Å². The van der Waals surface area contributed by atoms with E-state index >= 15 is 0 Å². The maximum absolute atomic E-state index is 10.3. The molecule has 0 fully saturated rings. The highest BCUT2D eigenvalue weighted by Crippen LogP contribution is 2.42. The Morgan fingerprint density at radius 1 is 1.42 bits per heavy atom. The van der Waals surface area contributed by atoms with E-state index in [0.717, 1.165) is 27.0 Å². The van der Waals surface area contributed by atoms with Gasteiger partial charge in [0.25, 0.3) is 0 Å². The molecule has 0 saturated heterocycles. The Morgan fingerprint density at radius 2 is 2.21 bits per heavy atom. The van der Waals surface area contributed by atoms with Crippen LogP contribution in [0.15, 0.2) is 28.9 Å². The molecular weight excluding hydrogens is 308 g/mol. The predicted molar refractivity (Wildman–Crippen MR) is 75.0 cm³/mol. The van der Waals surface area contributed by atoms with Gasteiger partial charge in [-0.1, -0.05) is 22.0 Å². The SMILES string of the molecule is Cc1c(C2C[C@@H](O)c3ccc(Br)cc3O2)cnn1C. The van der Waals surface area contributed by atoms with E-state index in [1.807, 2.05) is 43.0 Å². The maximum atomic E-state index is 10.3. The van der Waals surface area contributed by atoms with Gasteiger partial charge in [-0.15, -0.1) is 0 Å². The topological polar surface area (TPSA) is 47.3 Å². The van der Waals surface area contributed by atoms with Gasteiger partial charge in [0.2, 0.25) is 0 Å². The molecule has 3 rings (SSSR count). The number of fused-ring (bicyclic) bond motifs is 1. The number of nitrogens with zero attached hydrogens (tertiary/aromatic N) is 2. The molecular formula is C14H15BrN2O2. The van der Waals surface area contributed by atoms with E-state index in [9.17, 15) is 5.11 Å². The van der Waals surface area contributed by atoms with Crippen molar-refractivity contribution in [3.63, 3.8) is 0 Å². The van der Waals surface area contributed by atoms with Gasteiger partial charge in [-0.3, -0.25) is 4.68 Å². The molecule has 1 N–H and O–H groups in total. The van der Waals surface area contributed by atoms with Crippen molar-refractivity contribution in [2.45, 2.75) is 25.6 Å². The van der Waals surface area contributed by atoms with Crippen molar-refractivity contribution in [1.82, 2.24) is 9.78 Å². The van der Waals surface area contributed by atoms with Crippen LogP contribution >= 0.6 is 15.9 Å². The first-order valence-corrected chi connectivity index (χ1v) is 6.98. The molecule has 1 unspecified atom stereocenters. The molecule has 1 aromatic heterocycles. The van der Waals surface area contributed by atoms with Crippen LogP contribution in [0.5, 0.6) is 5.75 Å². The van der Waals surface area contributed by atoms with Crippen LogP contribution in [0.4, 0.5) is 0 Å². The predicted octanol–water partition coefficient (Wildman–Crippen LogP) is 3.05. The van der Waals surface area contributed by atoms with Crippen molar-refractivity contribution in [1.29, 1.82) is 0 Å². The van der Waals surface area contributed by atoms with Crippen molar-refractivity contribution in [3.05, 3.63) is 45.7 Å². The highest BCUT2D eigenvalue weighted by Gasteiger charge is 2.30. The highest BCUT2D eigenvalue weighted by molar-refractivity contribution is 9.10. The van der Waals surface area contributed by atoms with Crippen LogP contribution in [0.3, 0.4) is 0 Å². The molecule has 0 aliphatic carbocycles. The normalized spacial score (nSPS) is 21.9. The van der Waals surface area contributed by atoms with Crippen LogP contribution in [-0.4, -0.2) is 14.9 Å². The van der Waals surface area contributed by atoms with Gasteiger partial charge in [0.15, 0.2) is 0 Å². The number of hydrogen-bond acceptors (Lipinski definition) is 3. The fourth-order valence-corrected chi connectivity index (χ4v) is 2.78. The summed E-state index contributed by atoms with van der Waals surface area (Å²) in [5, 5.41) is 14.5. The summed E-state index contributed by atoms with van der Waals surface area (Å²) in [5.41, 5.74) is 2.95. The standard InChI is InChI=1S/C14H15BrN2O2/c1-8-11(7-16-17(8)2)14-6-12(18)10-4-3-9(15)5-13(10)19-14/h3-5,7,12,14,18H,6H2,1-2H3/t12-,14?/m1/s1. The van der Waals surface area contributed by atoms with Crippen LogP contribution < -0.4 is 4.74 Å². The van der Waals surface area contributed by atoms with Gasteiger partial charge in [0, 0.05) is 34.8 Å². The van der Waals surface area contributed by atoms with Crippen LogP contribution in [0.1, 0.15) is 35.4 Å². The molecule has 5 heteroatoms. The lowest BCUT2D eigenvalue weighted by atomic mass is 9.95. The van der Waals surface area contributed by atoms with Crippen LogP contribution in [-0.2, 0) is 7.05 Å². The minimum absolute atomic E-state index is 0.148. The lowest BCUT2D eigenvalue weighted by Crippen LogP contribution is -2.19. The molecule has 0 radical (unpaired) electrons. The summed E-state index contributed by atoms with van der Waals surface area (Å²) in [5.74, 6) is 0.737. The molecule has 2 aromatic rings.